The summed E-state index contributed by atoms with van der Waals surface area (Å²) in [7, 11) is 0. The molecule has 1 aromatic rings. The van der Waals surface area contributed by atoms with Crippen LogP contribution in [0.25, 0.3) is 0 Å². The lowest BCUT2D eigenvalue weighted by Crippen LogP contribution is -2.55. The van der Waals surface area contributed by atoms with E-state index in [2.05, 4.69) is 4.98 Å². The minimum absolute atomic E-state index is 0.0868. The molecule has 16 heteroatoms. The summed E-state index contributed by atoms with van der Waals surface area (Å²) in [5, 5.41) is 37.2. The molecule has 0 amide bonds. The van der Waals surface area contributed by atoms with E-state index in [0.29, 0.717) is 0 Å². The number of halogens is 3. The Labute approximate surface area is 171 Å². The Morgan fingerprint density at radius 1 is 1.35 bits per heavy atom. The smallest absolute Gasteiger partial charge is 0.499 e. The monoisotopic (exact) mass is 459 g/mol. The van der Waals surface area contributed by atoms with Crippen LogP contribution in [0.2, 0.25) is 0 Å². The van der Waals surface area contributed by atoms with Crippen LogP contribution in [-0.2, 0) is 23.7 Å². The highest BCUT2D eigenvalue weighted by Crippen LogP contribution is 2.23. The number of rotatable bonds is 5. The number of carbonyl (C=O) groups excluding carboxylic acids is 1. The van der Waals surface area contributed by atoms with Gasteiger partial charge < -0.3 is 49.9 Å². The lowest BCUT2D eigenvalue weighted by atomic mass is 10.1. The van der Waals surface area contributed by atoms with Gasteiger partial charge in [0.1, 0.15) is 43.7 Å². The number of nitrogens with two attached hydrogens (primary N) is 1. The Hall–Kier alpha value is -2.34. The molecule has 3 rings (SSSR count). The number of carboxylic acids is 1. The summed E-state index contributed by atoms with van der Waals surface area (Å²) in [4.78, 5) is 23.0. The number of aromatic amines is 1. The van der Waals surface area contributed by atoms with Gasteiger partial charge in [-0.15, -0.1) is 0 Å². The van der Waals surface area contributed by atoms with Crippen LogP contribution >= 0.6 is 0 Å². The zero-order valence-electron chi connectivity index (χ0n) is 15.6. The van der Waals surface area contributed by atoms with E-state index in [1.165, 1.54) is 16.8 Å². The maximum atomic E-state index is 11.8. The molecular formula is C15H20F3N3O10. The van der Waals surface area contributed by atoms with Crippen LogP contribution in [0.3, 0.4) is 0 Å². The number of aliphatic hydroxyl groups excluding tert-OH is 3. The molecule has 0 unspecified atom stereocenters. The summed E-state index contributed by atoms with van der Waals surface area (Å²) in [6, 6.07) is 1.52. The molecule has 1 aromatic heterocycles. The Bertz CT molecular complexity index is 807. The number of alkyl halides is 3. The summed E-state index contributed by atoms with van der Waals surface area (Å²) in [6.45, 7) is -0.397. The van der Waals surface area contributed by atoms with Gasteiger partial charge in [0.25, 0.3) is 0 Å². The van der Waals surface area contributed by atoms with Crippen molar-refractivity contribution in [3.63, 3.8) is 0 Å². The Morgan fingerprint density at radius 2 is 2.00 bits per heavy atom. The van der Waals surface area contributed by atoms with E-state index >= 15 is 0 Å². The number of nitrogen functional groups attached to an aromatic ring is 1. The van der Waals surface area contributed by atoms with Gasteiger partial charge in [-0.1, -0.05) is 0 Å². The fourth-order valence-corrected chi connectivity index (χ4v) is 2.54. The number of ether oxygens (including phenoxy) is 4. The number of nitrogens with zero attached hydrogens (tertiary/aromatic N) is 1. The Balaban J connectivity index is 0.000000423. The average Bonchev–Trinajstić information content (AvgIpc) is 3.25. The maximum absolute atomic E-state index is 11.8. The van der Waals surface area contributed by atoms with E-state index in [1.54, 1.807) is 0 Å². The van der Waals surface area contributed by atoms with Crippen molar-refractivity contribution < 1.29 is 61.9 Å². The quantitative estimate of drug-likeness (QED) is 0.268. The van der Waals surface area contributed by atoms with Gasteiger partial charge in [0.05, 0.1) is 6.61 Å². The minimum atomic E-state index is -5.19. The third kappa shape index (κ3) is 6.57. The summed E-state index contributed by atoms with van der Waals surface area (Å²) < 4.78 is 54.3. The van der Waals surface area contributed by atoms with Gasteiger partial charge in [0.2, 0.25) is 6.23 Å². The summed E-state index contributed by atoms with van der Waals surface area (Å²) in [5.41, 5.74) is 5.04. The van der Waals surface area contributed by atoms with Crippen LogP contribution in [0.4, 0.5) is 19.0 Å². The number of carboxylic acid groups (broad SMARTS) is 1. The van der Waals surface area contributed by atoms with Gasteiger partial charge in [-0.3, -0.25) is 0 Å². The Morgan fingerprint density at radius 3 is 2.52 bits per heavy atom. The van der Waals surface area contributed by atoms with Gasteiger partial charge in [0, 0.05) is 6.07 Å². The molecule has 0 radical (unpaired) electrons. The molecule has 3 heterocycles. The lowest BCUT2D eigenvalue weighted by molar-refractivity contribution is -0.771. The molecule has 0 saturated carbocycles. The van der Waals surface area contributed by atoms with Gasteiger partial charge in [-0.05, 0) is 0 Å². The van der Waals surface area contributed by atoms with Gasteiger partial charge in [0.15, 0.2) is 18.4 Å². The van der Waals surface area contributed by atoms with Gasteiger partial charge >= 0.3 is 11.9 Å². The van der Waals surface area contributed by atoms with Crippen molar-refractivity contribution >= 4 is 11.8 Å². The van der Waals surface area contributed by atoms with Crippen molar-refractivity contribution in [2.45, 2.75) is 43.3 Å². The number of nitrogens with one attached hydrogen (secondary N) is 1. The molecule has 6 N–H and O–H groups in total. The number of anilines is 1. The van der Waals surface area contributed by atoms with Crippen LogP contribution in [0.1, 0.15) is 6.23 Å². The van der Waals surface area contributed by atoms with E-state index in [9.17, 15) is 28.2 Å². The SMILES string of the molecule is Nc1cc[n+]([C@@H]2CO[C@H](CO[C@@H]3O[C@H](CO)[C@@H](O)[C@H]3O)O2)c(=O)[nH]1.O=C([O-])C(F)(F)F. The van der Waals surface area contributed by atoms with Crippen LogP contribution in [0.5, 0.6) is 0 Å². The second kappa shape index (κ2) is 10.3. The molecule has 176 valence electrons. The number of aliphatic carboxylic acids is 1. The summed E-state index contributed by atoms with van der Waals surface area (Å²) >= 11 is 0. The zero-order valence-corrected chi connectivity index (χ0v) is 15.6. The first-order valence-electron chi connectivity index (χ1n) is 8.63. The standard InChI is InChI=1S/C13H19N3O8.C2HF3O2/c14-7-1-2-16(13(20)15-7)8-4-21-9(24-8)5-22-12-11(19)10(18)6(3-17)23-12;3-2(4,5)1(6)7/h1-2,6,8-12,17-19H,3-5H2,(H2,14,15,20);(H,6,7)/t6-,8+,9+,10-,11-,12-;/m1./s1. The first kappa shape index (κ1) is 24.9. The molecule has 0 bridgehead atoms. The van der Waals surface area contributed by atoms with E-state index in [-0.39, 0.29) is 19.0 Å². The topological polar surface area (TPSA) is 200 Å². The Kier molecular flexibility index (Phi) is 8.29. The van der Waals surface area contributed by atoms with Gasteiger partial charge in [-0.2, -0.15) is 27.5 Å². The number of carbonyl (C=O) groups is 1. The highest BCUT2D eigenvalue weighted by molar-refractivity contribution is 5.70. The zero-order chi connectivity index (χ0) is 23.3. The van der Waals surface area contributed by atoms with Crippen LogP contribution < -0.4 is 21.1 Å². The number of hydrogen-bond acceptors (Lipinski definition) is 11. The molecular weight excluding hydrogens is 439 g/mol. The molecule has 2 saturated heterocycles. The number of aliphatic hydroxyl groups is 3. The number of H-pyrrole nitrogens is 1. The first-order chi connectivity index (χ1) is 14.4. The predicted octanol–water partition coefficient (Wildman–Crippen LogP) is -4.13. The van der Waals surface area contributed by atoms with Crippen molar-refractivity contribution in [3.05, 3.63) is 22.7 Å². The molecule has 31 heavy (non-hydrogen) atoms. The van der Waals surface area contributed by atoms with Crippen molar-refractivity contribution in [1.82, 2.24) is 4.98 Å². The van der Waals surface area contributed by atoms with Crippen molar-refractivity contribution in [2.75, 3.05) is 25.6 Å². The van der Waals surface area contributed by atoms with Crippen molar-refractivity contribution in [1.29, 1.82) is 0 Å². The molecule has 2 fully saturated rings. The van der Waals surface area contributed by atoms with E-state index < -0.39 is 61.6 Å². The molecule has 0 aliphatic carbocycles. The van der Waals surface area contributed by atoms with Crippen molar-refractivity contribution in [2.24, 2.45) is 0 Å². The maximum Gasteiger partial charge on any atom is 0.499 e. The van der Waals surface area contributed by atoms with E-state index in [1.807, 2.05) is 0 Å². The number of hydrogen-bond donors (Lipinski definition) is 5. The molecule has 0 spiro atoms. The largest absolute Gasteiger partial charge is 0.542 e. The van der Waals surface area contributed by atoms with Gasteiger partial charge in [-0.25, -0.2) is 0 Å². The van der Waals surface area contributed by atoms with E-state index in [0.717, 1.165) is 0 Å². The normalized spacial score (nSPS) is 30.6. The van der Waals surface area contributed by atoms with Crippen molar-refractivity contribution in [3.8, 4) is 0 Å². The highest BCUT2D eigenvalue weighted by atomic mass is 19.4. The predicted molar refractivity (Wildman–Crippen MR) is 86.3 cm³/mol. The third-order valence-corrected chi connectivity index (χ3v) is 4.07. The minimum Gasteiger partial charge on any atom is -0.542 e. The summed E-state index contributed by atoms with van der Waals surface area (Å²) in [5.74, 6) is -2.77. The van der Waals surface area contributed by atoms with E-state index in [4.69, 9.17) is 39.7 Å². The average molecular weight is 459 g/mol. The fourth-order valence-electron chi connectivity index (χ4n) is 2.54. The highest BCUT2D eigenvalue weighted by Gasteiger charge is 2.44. The molecule has 13 nitrogen and oxygen atoms in total. The molecule has 0 aromatic carbocycles. The second-order valence-corrected chi connectivity index (χ2v) is 6.29. The number of aromatic nitrogens is 2. The first-order valence-corrected chi connectivity index (χ1v) is 8.63. The second-order valence-electron chi connectivity index (χ2n) is 6.29. The van der Waals surface area contributed by atoms with Crippen LogP contribution in [0, 0.1) is 0 Å². The fraction of sp³-hybridized carbons (Fsp3) is 0.667. The van der Waals surface area contributed by atoms with Crippen LogP contribution in [0.15, 0.2) is 17.1 Å². The molecule has 2 aliphatic heterocycles. The van der Waals surface area contributed by atoms with Crippen LogP contribution in [-0.4, -0.2) is 83.2 Å². The lowest BCUT2D eigenvalue weighted by Gasteiger charge is -2.17. The summed E-state index contributed by atoms with van der Waals surface area (Å²) in [6.07, 6.45) is -9.66. The third-order valence-electron chi connectivity index (χ3n) is 4.07. The molecule has 2 aliphatic rings. The molecule has 6 atom stereocenters.